The zero-order valence-electron chi connectivity index (χ0n) is 18.6. The normalized spacial score (nSPS) is 11.1. The number of carbonyl (C=O) groups excluding carboxylic acids is 2. The number of hydrogen-bond donors (Lipinski definition) is 3. The van der Waals surface area contributed by atoms with Gasteiger partial charge in [0.15, 0.2) is 0 Å². The van der Waals surface area contributed by atoms with E-state index < -0.39 is 17.6 Å². The lowest BCUT2D eigenvalue weighted by Gasteiger charge is -2.13. The third-order valence-electron chi connectivity index (χ3n) is 4.84. The van der Waals surface area contributed by atoms with Gasteiger partial charge in [-0.1, -0.05) is 30.3 Å². The maximum absolute atomic E-state index is 12.9. The minimum Gasteiger partial charge on any atom is -0.495 e. The fraction of sp³-hybridized carbons (Fsp3) is 0.200. The number of halogens is 3. The second-order valence-electron chi connectivity index (χ2n) is 7.56. The molecule has 3 rings (SSSR count). The van der Waals surface area contributed by atoms with E-state index in [4.69, 9.17) is 4.74 Å². The van der Waals surface area contributed by atoms with Gasteiger partial charge in [-0.3, -0.25) is 9.59 Å². The van der Waals surface area contributed by atoms with Crippen LogP contribution in [0.2, 0.25) is 0 Å². The van der Waals surface area contributed by atoms with Crippen LogP contribution in [0.4, 0.5) is 24.5 Å². The number of alkyl halides is 3. The van der Waals surface area contributed by atoms with E-state index in [1.54, 1.807) is 48.5 Å². The van der Waals surface area contributed by atoms with Gasteiger partial charge in [0.1, 0.15) is 5.75 Å². The molecule has 0 atom stereocenters. The van der Waals surface area contributed by atoms with Crippen molar-refractivity contribution in [1.29, 1.82) is 0 Å². The maximum atomic E-state index is 12.9. The van der Waals surface area contributed by atoms with Crippen LogP contribution in [0.25, 0.3) is 0 Å². The molecule has 2 amide bonds. The monoisotopic (exact) mass is 471 g/mol. The molecule has 0 radical (unpaired) electrons. The van der Waals surface area contributed by atoms with Gasteiger partial charge in [-0.2, -0.15) is 13.2 Å². The lowest BCUT2D eigenvalue weighted by Crippen LogP contribution is -2.17. The highest BCUT2D eigenvalue weighted by molar-refractivity contribution is 6.06. The van der Waals surface area contributed by atoms with Gasteiger partial charge in [0.05, 0.1) is 18.4 Å². The topological polar surface area (TPSA) is 79.5 Å². The highest BCUT2D eigenvalue weighted by Gasteiger charge is 2.30. The molecule has 0 aromatic heterocycles. The van der Waals surface area contributed by atoms with Crippen LogP contribution in [-0.2, 0) is 24.1 Å². The number of amides is 2. The van der Waals surface area contributed by atoms with Crippen LogP contribution in [0.3, 0.4) is 0 Å². The first-order valence-electron chi connectivity index (χ1n) is 10.4. The van der Waals surface area contributed by atoms with Gasteiger partial charge in [0, 0.05) is 31.3 Å². The Morgan fingerprint density at radius 3 is 2.32 bits per heavy atom. The summed E-state index contributed by atoms with van der Waals surface area (Å²) in [5, 5.41) is 8.53. The van der Waals surface area contributed by atoms with Crippen LogP contribution in [0.5, 0.6) is 5.75 Å². The Kier molecular flexibility index (Phi) is 7.91. The molecule has 0 heterocycles. The maximum Gasteiger partial charge on any atom is 0.416 e. The summed E-state index contributed by atoms with van der Waals surface area (Å²) in [6.45, 7) is 1.81. The van der Waals surface area contributed by atoms with Crippen molar-refractivity contribution in [1.82, 2.24) is 5.32 Å². The highest BCUT2D eigenvalue weighted by atomic mass is 19.4. The summed E-state index contributed by atoms with van der Waals surface area (Å²) in [6.07, 6.45) is -4.41. The first-order valence-corrected chi connectivity index (χ1v) is 10.4. The van der Waals surface area contributed by atoms with Gasteiger partial charge < -0.3 is 20.7 Å². The van der Waals surface area contributed by atoms with Crippen molar-refractivity contribution in [2.75, 3.05) is 17.7 Å². The molecule has 3 aromatic carbocycles. The molecule has 0 bridgehead atoms. The number of methoxy groups -OCH3 is 1. The van der Waals surface area contributed by atoms with Crippen LogP contribution < -0.4 is 20.7 Å². The van der Waals surface area contributed by atoms with E-state index in [0.29, 0.717) is 33.8 Å². The second-order valence-corrected chi connectivity index (χ2v) is 7.56. The van der Waals surface area contributed by atoms with Crippen molar-refractivity contribution >= 4 is 23.2 Å². The predicted molar refractivity (Wildman–Crippen MR) is 124 cm³/mol. The number of para-hydroxylation sites is 2. The molecule has 0 unspecified atom stereocenters. The lowest BCUT2D eigenvalue weighted by molar-refractivity contribution is -0.137. The van der Waals surface area contributed by atoms with Crippen LogP contribution in [0, 0.1) is 0 Å². The molecule has 3 N–H and O–H groups in total. The van der Waals surface area contributed by atoms with Crippen LogP contribution in [0.15, 0.2) is 66.7 Å². The fourth-order valence-corrected chi connectivity index (χ4v) is 3.35. The van der Waals surface area contributed by atoms with Gasteiger partial charge in [-0.05, 0) is 47.5 Å². The minimum absolute atomic E-state index is 0.191. The van der Waals surface area contributed by atoms with E-state index in [-0.39, 0.29) is 19.0 Å². The molecule has 0 fully saturated rings. The Morgan fingerprint density at radius 2 is 1.62 bits per heavy atom. The zero-order valence-corrected chi connectivity index (χ0v) is 18.6. The number of carbonyl (C=O) groups is 2. The molecule has 178 valence electrons. The van der Waals surface area contributed by atoms with Crippen molar-refractivity contribution in [3.8, 4) is 5.75 Å². The lowest BCUT2D eigenvalue weighted by atomic mass is 10.1. The molecule has 9 heteroatoms. The summed E-state index contributed by atoms with van der Waals surface area (Å²) in [5.41, 5.74) is 1.65. The van der Waals surface area contributed by atoms with Crippen LogP contribution in [-0.4, -0.2) is 18.9 Å². The van der Waals surface area contributed by atoms with Gasteiger partial charge in [-0.15, -0.1) is 0 Å². The molecular weight excluding hydrogens is 447 g/mol. The van der Waals surface area contributed by atoms with Gasteiger partial charge in [-0.25, -0.2) is 0 Å². The summed E-state index contributed by atoms with van der Waals surface area (Å²) < 4.78 is 44.0. The smallest absolute Gasteiger partial charge is 0.416 e. The number of anilines is 2. The SMILES string of the molecule is COc1ccccc1NC(=O)c1cc(CNCc2cccc(C(F)(F)F)c2)cc(NC(C)=O)c1. The predicted octanol–water partition coefficient (Wildman–Crippen LogP) is 5.21. The number of hydrogen-bond acceptors (Lipinski definition) is 4. The summed E-state index contributed by atoms with van der Waals surface area (Å²) in [5.74, 6) is -0.210. The van der Waals surface area contributed by atoms with Gasteiger partial charge >= 0.3 is 6.18 Å². The third kappa shape index (κ3) is 6.82. The van der Waals surface area contributed by atoms with E-state index in [1.807, 2.05) is 0 Å². The van der Waals surface area contributed by atoms with Crippen LogP contribution in [0.1, 0.15) is 34.0 Å². The fourth-order valence-electron chi connectivity index (χ4n) is 3.35. The molecule has 34 heavy (non-hydrogen) atoms. The summed E-state index contributed by atoms with van der Waals surface area (Å²) >= 11 is 0. The number of nitrogens with one attached hydrogen (secondary N) is 3. The Balaban J connectivity index is 1.76. The first kappa shape index (κ1) is 24.8. The van der Waals surface area contributed by atoms with Gasteiger partial charge in [0.2, 0.25) is 5.91 Å². The molecule has 0 saturated carbocycles. The molecule has 0 aliphatic heterocycles. The standard InChI is InChI=1S/C25H24F3N3O3/c1-16(32)30-21-12-18(15-29-14-17-6-5-7-20(11-17)25(26,27)28)10-19(13-21)24(33)31-22-8-3-4-9-23(22)34-2/h3-13,29H,14-15H2,1-2H3,(H,30,32)(H,31,33). The number of benzene rings is 3. The van der Waals surface area contributed by atoms with E-state index in [9.17, 15) is 22.8 Å². The van der Waals surface area contributed by atoms with E-state index in [1.165, 1.54) is 20.1 Å². The molecule has 6 nitrogen and oxygen atoms in total. The number of ether oxygens (including phenoxy) is 1. The van der Waals surface area contributed by atoms with E-state index in [0.717, 1.165) is 12.1 Å². The minimum atomic E-state index is -4.41. The Labute approximate surface area is 195 Å². The van der Waals surface area contributed by atoms with Crippen molar-refractivity contribution in [3.63, 3.8) is 0 Å². The Bertz CT molecular complexity index is 1180. The van der Waals surface area contributed by atoms with Crippen molar-refractivity contribution < 1.29 is 27.5 Å². The molecular formula is C25H24F3N3O3. The summed E-state index contributed by atoms with van der Waals surface area (Å²) in [6, 6.07) is 16.9. The molecule has 0 saturated heterocycles. The van der Waals surface area contributed by atoms with Crippen molar-refractivity contribution in [3.05, 3.63) is 89.0 Å². The summed E-state index contributed by atoms with van der Waals surface area (Å²) in [4.78, 5) is 24.4. The first-order chi connectivity index (χ1) is 16.2. The second kappa shape index (κ2) is 10.8. The van der Waals surface area contributed by atoms with Crippen molar-refractivity contribution in [2.24, 2.45) is 0 Å². The van der Waals surface area contributed by atoms with Crippen LogP contribution >= 0.6 is 0 Å². The molecule has 0 aliphatic rings. The third-order valence-corrected chi connectivity index (χ3v) is 4.84. The average molecular weight is 471 g/mol. The largest absolute Gasteiger partial charge is 0.495 e. The number of rotatable bonds is 8. The zero-order chi connectivity index (χ0) is 24.7. The van der Waals surface area contributed by atoms with Crippen molar-refractivity contribution in [2.45, 2.75) is 26.2 Å². The highest BCUT2D eigenvalue weighted by Crippen LogP contribution is 2.29. The molecule has 0 spiro atoms. The quantitative estimate of drug-likeness (QED) is 0.421. The Morgan fingerprint density at radius 1 is 0.882 bits per heavy atom. The average Bonchev–Trinajstić information content (AvgIpc) is 2.78. The molecule has 0 aliphatic carbocycles. The van der Waals surface area contributed by atoms with E-state index in [2.05, 4.69) is 16.0 Å². The molecule has 3 aromatic rings. The summed E-state index contributed by atoms with van der Waals surface area (Å²) in [7, 11) is 1.50. The Hall–Kier alpha value is -3.85. The van der Waals surface area contributed by atoms with E-state index >= 15 is 0 Å². The van der Waals surface area contributed by atoms with Gasteiger partial charge in [0.25, 0.3) is 5.91 Å².